The molecule has 7 nitrogen and oxygen atoms in total. The average molecular weight is 440 g/mol. The lowest BCUT2D eigenvalue weighted by atomic mass is 10.1. The molecule has 0 unspecified atom stereocenters. The number of hydrogen-bond acceptors (Lipinski definition) is 5. The number of benzene rings is 2. The van der Waals surface area contributed by atoms with Gasteiger partial charge < -0.3 is 9.84 Å². The van der Waals surface area contributed by atoms with Crippen LogP contribution in [0.25, 0.3) is 0 Å². The van der Waals surface area contributed by atoms with Gasteiger partial charge in [0.25, 0.3) is 10.0 Å². The number of halogens is 2. The van der Waals surface area contributed by atoms with Gasteiger partial charge in [0.1, 0.15) is 0 Å². The van der Waals surface area contributed by atoms with E-state index in [1.54, 1.807) is 25.1 Å². The van der Waals surface area contributed by atoms with Gasteiger partial charge in [-0.2, -0.15) is 0 Å². The normalized spacial score (nSPS) is 11.2. The Labute approximate surface area is 171 Å². The van der Waals surface area contributed by atoms with Gasteiger partial charge >= 0.3 is 0 Å². The Balaban J connectivity index is 1.64. The summed E-state index contributed by atoms with van der Waals surface area (Å²) < 4.78 is 31.8. The van der Waals surface area contributed by atoms with Gasteiger partial charge in [0, 0.05) is 11.8 Å². The minimum Gasteiger partial charge on any atom is -0.338 e. The van der Waals surface area contributed by atoms with Crippen molar-refractivity contribution in [3.05, 3.63) is 69.8 Å². The minimum absolute atomic E-state index is 0.0176. The first-order chi connectivity index (χ1) is 13.2. The van der Waals surface area contributed by atoms with Crippen LogP contribution in [0.15, 0.2) is 57.9 Å². The van der Waals surface area contributed by atoms with Crippen LogP contribution >= 0.6 is 23.2 Å². The van der Waals surface area contributed by atoms with Crippen LogP contribution in [-0.2, 0) is 21.2 Å². The van der Waals surface area contributed by atoms with Gasteiger partial charge in [-0.25, -0.2) is 13.1 Å². The lowest BCUT2D eigenvalue weighted by Crippen LogP contribution is -2.15. The number of nitrogens with one attached hydrogen (secondary N) is 2. The first-order valence-electron chi connectivity index (χ1n) is 8.03. The molecule has 3 aromatic rings. The standard InChI is InChI=1S/C18H15Cl2N3O4S/c1-11-8-18(27-22-11)23-28(25,26)14-5-3-13(4-6-14)21-17(24)10-12-2-7-15(19)16(20)9-12/h2-9,23H,10H2,1H3,(H,21,24). The molecule has 2 N–H and O–H groups in total. The molecule has 1 heterocycles. The number of hydrogen-bond donors (Lipinski definition) is 2. The molecule has 0 aliphatic rings. The van der Waals surface area contributed by atoms with E-state index in [1.807, 2.05) is 0 Å². The first-order valence-corrected chi connectivity index (χ1v) is 10.3. The van der Waals surface area contributed by atoms with Gasteiger partial charge in [-0.15, -0.1) is 0 Å². The maximum Gasteiger partial charge on any atom is 0.264 e. The second-order valence-corrected chi connectivity index (χ2v) is 8.43. The number of sulfonamides is 1. The third-order valence-corrected chi connectivity index (χ3v) is 5.76. The highest BCUT2D eigenvalue weighted by atomic mass is 35.5. The summed E-state index contributed by atoms with van der Waals surface area (Å²) in [4.78, 5) is 12.2. The topological polar surface area (TPSA) is 101 Å². The Kier molecular flexibility index (Phi) is 5.93. The van der Waals surface area contributed by atoms with Gasteiger partial charge in [-0.05, 0) is 48.9 Å². The zero-order valence-electron chi connectivity index (χ0n) is 14.6. The molecular weight excluding hydrogens is 425 g/mol. The largest absolute Gasteiger partial charge is 0.338 e. The van der Waals surface area contributed by atoms with E-state index >= 15 is 0 Å². The number of nitrogens with zero attached hydrogens (tertiary/aromatic N) is 1. The molecule has 0 bridgehead atoms. The second-order valence-electron chi connectivity index (χ2n) is 5.94. The Hall–Kier alpha value is -2.55. The molecule has 10 heteroatoms. The van der Waals surface area contributed by atoms with E-state index in [0.717, 1.165) is 0 Å². The van der Waals surface area contributed by atoms with Crippen LogP contribution in [0.3, 0.4) is 0 Å². The Morgan fingerprint density at radius 3 is 2.39 bits per heavy atom. The smallest absolute Gasteiger partial charge is 0.264 e. The molecule has 0 spiro atoms. The fraction of sp³-hybridized carbons (Fsp3) is 0.111. The fourth-order valence-corrected chi connectivity index (χ4v) is 3.65. The quantitative estimate of drug-likeness (QED) is 0.596. The summed E-state index contributed by atoms with van der Waals surface area (Å²) in [6.07, 6.45) is 0.101. The van der Waals surface area contributed by atoms with E-state index in [1.165, 1.54) is 30.3 Å². The summed E-state index contributed by atoms with van der Waals surface area (Å²) >= 11 is 11.8. The van der Waals surface area contributed by atoms with Gasteiger partial charge in [0.15, 0.2) is 0 Å². The Morgan fingerprint density at radius 1 is 1.07 bits per heavy atom. The van der Waals surface area contributed by atoms with E-state index in [2.05, 4.69) is 15.2 Å². The molecule has 28 heavy (non-hydrogen) atoms. The van der Waals surface area contributed by atoms with Gasteiger partial charge in [-0.3, -0.25) is 4.79 Å². The summed E-state index contributed by atoms with van der Waals surface area (Å²) in [5, 5.41) is 7.10. The van der Waals surface area contributed by atoms with Crippen LogP contribution in [0.2, 0.25) is 10.0 Å². The molecule has 3 rings (SSSR count). The molecular formula is C18H15Cl2N3O4S. The van der Waals surface area contributed by atoms with Crippen molar-refractivity contribution in [2.24, 2.45) is 0 Å². The molecule has 1 amide bonds. The van der Waals surface area contributed by atoms with Gasteiger partial charge in [0.2, 0.25) is 11.8 Å². The van der Waals surface area contributed by atoms with Crippen LogP contribution in [-0.4, -0.2) is 19.5 Å². The van der Waals surface area contributed by atoms with Gasteiger partial charge in [0.05, 0.1) is 27.1 Å². The van der Waals surface area contributed by atoms with Crippen molar-refractivity contribution in [2.45, 2.75) is 18.2 Å². The summed E-state index contributed by atoms with van der Waals surface area (Å²) in [5.74, 6) is -0.249. The molecule has 0 atom stereocenters. The van der Waals surface area contributed by atoms with Crippen molar-refractivity contribution >= 4 is 50.7 Å². The molecule has 2 aromatic carbocycles. The van der Waals surface area contributed by atoms with Crippen molar-refractivity contribution in [2.75, 3.05) is 10.0 Å². The maximum absolute atomic E-state index is 12.3. The van der Waals surface area contributed by atoms with Crippen molar-refractivity contribution < 1.29 is 17.7 Å². The third kappa shape index (κ3) is 5.03. The number of rotatable bonds is 6. The predicted octanol–water partition coefficient (Wildman–Crippen LogP) is 4.27. The van der Waals surface area contributed by atoms with Crippen LogP contribution in [0, 0.1) is 6.92 Å². The molecule has 1 aromatic heterocycles. The van der Waals surface area contributed by atoms with Crippen LogP contribution in [0.4, 0.5) is 11.6 Å². The molecule has 0 radical (unpaired) electrons. The molecule has 0 aliphatic carbocycles. The van der Waals surface area contributed by atoms with E-state index in [-0.39, 0.29) is 23.1 Å². The van der Waals surface area contributed by atoms with Crippen molar-refractivity contribution in [3.63, 3.8) is 0 Å². The lowest BCUT2D eigenvalue weighted by Gasteiger charge is -2.08. The van der Waals surface area contributed by atoms with Crippen LogP contribution in [0.1, 0.15) is 11.3 Å². The molecule has 0 fully saturated rings. The number of aromatic nitrogens is 1. The highest BCUT2D eigenvalue weighted by molar-refractivity contribution is 7.92. The summed E-state index contributed by atoms with van der Waals surface area (Å²) in [7, 11) is -3.83. The van der Waals surface area contributed by atoms with E-state index in [4.69, 9.17) is 27.7 Å². The molecule has 0 aliphatic heterocycles. The zero-order chi connectivity index (χ0) is 20.3. The van der Waals surface area contributed by atoms with Crippen molar-refractivity contribution in [1.29, 1.82) is 0 Å². The fourth-order valence-electron chi connectivity index (χ4n) is 2.36. The Morgan fingerprint density at radius 2 is 1.79 bits per heavy atom. The summed E-state index contributed by atoms with van der Waals surface area (Å²) in [6.45, 7) is 1.68. The monoisotopic (exact) mass is 439 g/mol. The number of anilines is 2. The highest BCUT2D eigenvalue weighted by Crippen LogP contribution is 2.23. The number of amides is 1. The van der Waals surface area contributed by atoms with Crippen molar-refractivity contribution in [1.82, 2.24) is 5.16 Å². The summed E-state index contributed by atoms with van der Waals surface area (Å²) in [5.41, 5.74) is 1.72. The molecule has 146 valence electrons. The predicted molar refractivity (Wildman–Crippen MR) is 107 cm³/mol. The minimum atomic E-state index is -3.83. The van der Waals surface area contributed by atoms with Crippen molar-refractivity contribution in [3.8, 4) is 0 Å². The Bertz CT molecular complexity index is 1110. The number of aryl methyl sites for hydroxylation is 1. The highest BCUT2D eigenvalue weighted by Gasteiger charge is 2.16. The molecule has 0 saturated heterocycles. The van der Waals surface area contributed by atoms with Crippen LogP contribution in [0.5, 0.6) is 0 Å². The molecule has 0 saturated carbocycles. The van der Waals surface area contributed by atoms with Gasteiger partial charge in [-0.1, -0.05) is 34.4 Å². The maximum atomic E-state index is 12.3. The third-order valence-electron chi connectivity index (χ3n) is 3.66. The van der Waals surface area contributed by atoms with E-state index in [0.29, 0.717) is 27.0 Å². The lowest BCUT2D eigenvalue weighted by molar-refractivity contribution is -0.115. The average Bonchev–Trinajstić information content (AvgIpc) is 3.02. The van der Waals surface area contributed by atoms with Crippen LogP contribution < -0.4 is 10.0 Å². The summed E-state index contributed by atoms with van der Waals surface area (Å²) in [6, 6.07) is 12.2. The zero-order valence-corrected chi connectivity index (χ0v) is 16.9. The first kappa shape index (κ1) is 20.2. The van der Waals surface area contributed by atoms with E-state index in [9.17, 15) is 13.2 Å². The van der Waals surface area contributed by atoms with E-state index < -0.39 is 10.0 Å². The SMILES string of the molecule is Cc1cc(NS(=O)(=O)c2ccc(NC(=O)Cc3ccc(Cl)c(Cl)c3)cc2)on1. The number of carbonyl (C=O) groups excluding carboxylic acids is 1. The second kappa shape index (κ2) is 8.22. The number of carbonyl (C=O) groups is 1.